The van der Waals surface area contributed by atoms with E-state index in [1.165, 1.54) is 0 Å². The zero-order chi connectivity index (χ0) is 14.1. The Bertz CT molecular complexity index is 562. The van der Waals surface area contributed by atoms with Crippen molar-refractivity contribution < 1.29 is 4.42 Å². The van der Waals surface area contributed by atoms with Crippen molar-refractivity contribution in [3.63, 3.8) is 0 Å². The third-order valence-electron chi connectivity index (χ3n) is 2.23. The maximum atomic E-state index is 5.36. The Labute approximate surface area is 128 Å². The number of benzene rings is 2. The molecule has 0 radical (unpaired) electrons. The van der Waals surface area contributed by atoms with Crippen LogP contribution in [0.4, 0.5) is 6.01 Å². The first kappa shape index (κ1) is 21.0. The van der Waals surface area contributed by atoms with Crippen LogP contribution in [0.3, 0.4) is 0 Å². The van der Waals surface area contributed by atoms with Crippen LogP contribution in [0.25, 0.3) is 11.1 Å². The molecule has 116 valence electrons. The number of hydrogen-bond donors (Lipinski definition) is 1. The standard InChI is InChI=1S/C8H8N2O.C6H6.C2H6.2CH4/c1-5-2-3-6-7(4-5)11-8(9)10-6;1-2-4-6-5-3-1;1-2;;/h2-4H,1H3,(H2,9,10);1-6H;1-2H3;2*1H4. The van der Waals surface area contributed by atoms with Gasteiger partial charge < -0.3 is 10.2 Å². The Hall–Kier alpha value is -2.29. The van der Waals surface area contributed by atoms with Crippen LogP contribution < -0.4 is 5.73 Å². The van der Waals surface area contributed by atoms with Gasteiger partial charge in [0.25, 0.3) is 6.01 Å². The molecule has 0 bridgehead atoms. The average molecular weight is 288 g/mol. The summed E-state index contributed by atoms with van der Waals surface area (Å²) in [6.45, 7) is 6.00. The van der Waals surface area contributed by atoms with E-state index < -0.39 is 0 Å². The predicted octanol–water partition coefficient (Wildman–Crippen LogP) is 5.70. The topological polar surface area (TPSA) is 52.0 Å². The van der Waals surface area contributed by atoms with E-state index in [0.717, 1.165) is 16.7 Å². The molecule has 0 fully saturated rings. The number of anilines is 1. The second-order valence-corrected chi connectivity index (χ2v) is 3.68. The van der Waals surface area contributed by atoms with E-state index in [-0.39, 0.29) is 20.9 Å². The molecule has 0 saturated heterocycles. The summed E-state index contributed by atoms with van der Waals surface area (Å²) < 4.78 is 5.12. The minimum Gasteiger partial charge on any atom is -0.424 e. The molecular formula is C18H28N2O. The molecule has 3 heteroatoms. The maximum absolute atomic E-state index is 5.36. The van der Waals surface area contributed by atoms with E-state index in [1.54, 1.807) is 0 Å². The van der Waals surface area contributed by atoms with E-state index in [1.807, 2.05) is 75.4 Å². The number of hydrogen-bond acceptors (Lipinski definition) is 3. The van der Waals surface area contributed by atoms with Crippen molar-refractivity contribution in [2.75, 3.05) is 5.73 Å². The quantitative estimate of drug-likeness (QED) is 0.577. The molecule has 3 aromatic rings. The van der Waals surface area contributed by atoms with Crippen LogP contribution in [0.5, 0.6) is 0 Å². The Balaban J connectivity index is 0. The summed E-state index contributed by atoms with van der Waals surface area (Å²) in [4.78, 5) is 3.97. The second kappa shape index (κ2) is 11.5. The van der Waals surface area contributed by atoms with E-state index in [9.17, 15) is 0 Å². The van der Waals surface area contributed by atoms with Crippen LogP contribution >= 0.6 is 0 Å². The van der Waals surface area contributed by atoms with Gasteiger partial charge in [0.1, 0.15) is 5.52 Å². The lowest BCUT2D eigenvalue weighted by Gasteiger charge is -1.87. The van der Waals surface area contributed by atoms with Crippen LogP contribution in [0, 0.1) is 6.92 Å². The zero-order valence-electron chi connectivity index (χ0n) is 11.6. The fraction of sp³-hybridized carbons (Fsp3) is 0.278. The number of nitrogen functional groups attached to an aromatic ring is 1. The molecule has 3 nitrogen and oxygen atoms in total. The van der Waals surface area contributed by atoms with Crippen LogP contribution in [0.2, 0.25) is 0 Å². The van der Waals surface area contributed by atoms with Gasteiger partial charge in [0, 0.05) is 0 Å². The summed E-state index contributed by atoms with van der Waals surface area (Å²) in [6, 6.07) is 18.0. The largest absolute Gasteiger partial charge is 0.424 e. The number of oxazole rings is 1. The van der Waals surface area contributed by atoms with E-state index in [2.05, 4.69) is 4.98 Å². The van der Waals surface area contributed by atoms with Crippen molar-refractivity contribution in [1.82, 2.24) is 4.98 Å². The molecule has 0 aliphatic rings. The number of nitrogens with zero attached hydrogens (tertiary/aromatic N) is 1. The fourth-order valence-corrected chi connectivity index (χ4v) is 1.43. The molecule has 0 amide bonds. The summed E-state index contributed by atoms with van der Waals surface area (Å²) in [5.74, 6) is 0. The number of aryl methyl sites for hydroxylation is 1. The van der Waals surface area contributed by atoms with Gasteiger partial charge in [0.15, 0.2) is 5.58 Å². The van der Waals surface area contributed by atoms with Crippen molar-refractivity contribution in [3.05, 3.63) is 60.2 Å². The number of rotatable bonds is 0. The summed E-state index contributed by atoms with van der Waals surface area (Å²) in [5, 5.41) is 0. The highest BCUT2D eigenvalue weighted by atomic mass is 16.4. The van der Waals surface area contributed by atoms with Crippen molar-refractivity contribution in [3.8, 4) is 0 Å². The number of fused-ring (bicyclic) bond motifs is 1. The Kier molecular flexibility index (Phi) is 11.5. The van der Waals surface area contributed by atoms with E-state index in [0.29, 0.717) is 0 Å². The van der Waals surface area contributed by atoms with E-state index >= 15 is 0 Å². The summed E-state index contributed by atoms with van der Waals surface area (Å²) in [6.07, 6.45) is 0. The lowest BCUT2D eigenvalue weighted by Crippen LogP contribution is -1.80. The van der Waals surface area contributed by atoms with Gasteiger partial charge >= 0.3 is 0 Å². The van der Waals surface area contributed by atoms with Gasteiger partial charge in [-0.15, -0.1) is 0 Å². The molecule has 1 aromatic heterocycles. The SMILES string of the molecule is C.C.CC.Cc1ccc2nc(N)oc2c1.c1ccccc1. The molecule has 0 atom stereocenters. The molecule has 0 aliphatic carbocycles. The molecule has 2 N–H and O–H groups in total. The molecule has 3 rings (SSSR count). The van der Waals surface area contributed by atoms with Gasteiger partial charge in [0.2, 0.25) is 0 Å². The molecule has 21 heavy (non-hydrogen) atoms. The molecule has 0 aliphatic heterocycles. The Morgan fingerprint density at radius 1 is 0.905 bits per heavy atom. The molecule has 1 heterocycles. The Morgan fingerprint density at radius 2 is 1.38 bits per heavy atom. The first-order valence-electron chi connectivity index (χ1n) is 6.38. The van der Waals surface area contributed by atoms with E-state index in [4.69, 9.17) is 10.2 Å². The third-order valence-corrected chi connectivity index (χ3v) is 2.23. The molecule has 0 saturated carbocycles. The van der Waals surface area contributed by atoms with Crippen LogP contribution in [0.15, 0.2) is 59.0 Å². The lowest BCUT2D eigenvalue weighted by atomic mass is 10.2. The summed E-state index contributed by atoms with van der Waals surface area (Å²) >= 11 is 0. The Morgan fingerprint density at radius 3 is 1.86 bits per heavy atom. The first-order valence-corrected chi connectivity index (χ1v) is 6.38. The van der Waals surface area contributed by atoms with Crippen molar-refractivity contribution in [1.29, 1.82) is 0 Å². The fourth-order valence-electron chi connectivity index (χ4n) is 1.43. The molecular weight excluding hydrogens is 260 g/mol. The highest BCUT2D eigenvalue weighted by Crippen LogP contribution is 2.17. The second-order valence-electron chi connectivity index (χ2n) is 3.68. The zero-order valence-corrected chi connectivity index (χ0v) is 11.6. The van der Waals surface area contributed by atoms with Gasteiger partial charge in [-0.25, -0.2) is 0 Å². The van der Waals surface area contributed by atoms with Gasteiger partial charge in [-0.3, -0.25) is 0 Å². The summed E-state index contributed by atoms with van der Waals surface area (Å²) in [5.41, 5.74) is 8.08. The van der Waals surface area contributed by atoms with Crippen LogP contribution in [-0.4, -0.2) is 4.98 Å². The van der Waals surface area contributed by atoms with Gasteiger partial charge in [-0.05, 0) is 24.6 Å². The summed E-state index contributed by atoms with van der Waals surface area (Å²) in [7, 11) is 0. The number of nitrogens with two attached hydrogens (primary N) is 1. The lowest BCUT2D eigenvalue weighted by molar-refractivity contribution is 0.626. The van der Waals surface area contributed by atoms with Crippen molar-refractivity contribution >= 4 is 17.1 Å². The van der Waals surface area contributed by atoms with Crippen molar-refractivity contribution in [2.24, 2.45) is 0 Å². The highest BCUT2D eigenvalue weighted by Gasteiger charge is 2.00. The van der Waals surface area contributed by atoms with Crippen LogP contribution in [0.1, 0.15) is 34.3 Å². The molecule has 0 spiro atoms. The normalized spacial score (nSPS) is 8.14. The van der Waals surface area contributed by atoms with Crippen LogP contribution in [-0.2, 0) is 0 Å². The number of aromatic nitrogens is 1. The smallest absolute Gasteiger partial charge is 0.292 e. The maximum Gasteiger partial charge on any atom is 0.292 e. The van der Waals surface area contributed by atoms with Gasteiger partial charge in [-0.1, -0.05) is 71.2 Å². The van der Waals surface area contributed by atoms with Crippen molar-refractivity contribution in [2.45, 2.75) is 35.6 Å². The van der Waals surface area contributed by atoms with Gasteiger partial charge in [0.05, 0.1) is 0 Å². The minimum absolute atomic E-state index is 0. The first-order chi connectivity index (χ1) is 9.25. The third kappa shape index (κ3) is 7.16. The van der Waals surface area contributed by atoms with Gasteiger partial charge in [-0.2, -0.15) is 4.98 Å². The monoisotopic (exact) mass is 288 g/mol. The highest BCUT2D eigenvalue weighted by molar-refractivity contribution is 5.74. The molecule has 0 unspecified atom stereocenters. The average Bonchev–Trinajstić information content (AvgIpc) is 2.83. The predicted molar refractivity (Wildman–Crippen MR) is 94.4 cm³/mol. The molecule has 2 aromatic carbocycles. The minimum atomic E-state index is 0.